The lowest BCUT2D eigenvalue weighted by Crippen LogP contribution is -2.55. The van der Waals surface area contributed by atoms with Gasteiger partial charge in [-0.15, -0.1) is 0 Å². The zero-order chi connectivity index (χ0) is 19.2. The second-order valence-corrected chi connectivity index (χ2v) is 9.07. The molecule has 26 heavy (non-hydrogen) atoms. The fourth-order valence-corrected chi connectivity index (χ4v) is 4.64. The van der Waals surface area contributed by atoms with Crippen molar-refractivity contribution in [2.45, 2.75) is 70.8 Å². The average molecular weight is 349 g/mol. The fourth-order valence-electron chi connectivity index (χ4n) is 4.64. The molecule has 0 bridgehead atoms. The van der Waals surface area contributed by atoms with Crippen molar-refractivity contribution in [2.75, 3.05) is 0 Å². The van der Waals surface area contributed by atoms with Crippen LogP contribution in [0.4, 0.5) is 0 Å². The van der Waals surface area contributed by atoms with Crippen molar-refractivity contribution in [3.63, 3.8) is 0 Å². The molecule has 1 N–H and O–H groups in total. The predicted molar refractivity (Wildman–Crippen MR) is 112 cm³/mol. The largest absolute Gasteiger partial charge is 0.389 e. The third-order valence-electron chi connectivity index (χ3n) is 6.54. The van der Waals surface area contributed by atoms with Crippen molar-refractivity contribution in [1.29, 1.82) is 0 Å². The van der Waals surface area contributed by atoms with E-state index in [0.717, 1.165) is 12.8 Å². The van der Waals surface area contributed by atoms with Crippen LogP contribution in [0.25, 0.3) is 11.6 Å². The van der Waals surface area contributed by atoms with Crippen LogP contribution < -0.4 is 0 Å². The molecule has 0 saturated carbocycles. The van der Waals surface area contributed by atoms with E-state index in [0.29, 0.717) is 0 Å². The van der Waals surface area contributed by atoms with E-state index in [2.05, 4.69) is 90.1 Å². The molecule has 3 rings (SSSR count). The minimum Gasteiger partial charge on any atom is -0.389 e. The van der Waals surface area contributed by atoms with Gasteiger partial charge in [0, 0.05) is 5.41 Å². The van der Waals surface area contributed by atoms with E-state index in [1.165, 1.54) is 27.8 Å². The lowest BCUT2D eigenvalue weighted by atomic mass is 9.54. The molecule has 0 aromatic heterocycles. The molecule has 1 heteroatoms. The maximum atomic E-state index is 11.4. The van der Waals surface area contributed by atoms with Crippen LogP contribution >= 0.6 is 0 Å². The summed E-state index contributed by atoms with van der Waals surface area (Å²) in [6.07, 6.45) is 3.81. The molecule has 1 aliphatic rings. The van der Waals surface area contributed by atoms with Crippen molar-refractivity contribution in [1.82, 2.24) is 0 Å². The number of aliphatic hydroxyl groups is 1. The van der Waals surface area contributed by atoms with E-state index in [1.807, 2.05) is 6.07 Å². The Morgan fingerprint density at radius 1 is 1.00 bits per heavy atom. The molecule has 138 valence electrons. The summed E-state index contributed by atoms with van der Waals surface area (Å²) >= 11 is 0. The van der Waals surface area contributed by atoms with Gasteiger partial charge in [0.05, 0.1) is 5.60 Å². The molecule has 1 nitrogen and oxygen atoms in total. The van der Waals surface area contributed by atoms with E-state index in [-0.39, 0.29) is 10.8 Å². The monoisotopic (exact) mass is 348 g/mol. The Hall–Kier alpha value is -1.86. The van der Waals surface area contributed by atoms with Crippen LogP contribution in [0.3, 0.4) is 0 Å². The van der Waals surface area contributed by atoms with Gasteiger partial charge in [-0.2, -0.15) is 0 Å². The Morgan fingerprint density at radius 2 is 1.65 bits per heavy atom. The maximum absolute atomic E-state index is 11.4. The van der Waals surface area contributed by atoms with Crippen LogP contribution in [0.1, 0.15) is 76.6 Å². The van der Waals surface area contributed by atoms with Crippen LogP contribution in [0.15, 0.2) is 48.5 Å². The Bertz CT molecular complexity index is 826. The summed E-state index contributed by atoms with van der Waals surface area (Å²) in [6, 6.07) is 17.3. The molecule has 0 aliphatic heterocycles. The van der Waals surface area contributed by atoms with Gasteiger partial charge in [0.1, 0.15) is 0 Å². The molecular formula is C25H32O. The third kappa shape index (κ3) is 3.03. The number of rotatable bonds is 3. The average Bonchev–Trinajstić information content (AvgIpc) is 2.60. The quantitative estimate of drug-likeness (QED) is 0.641. The second-order valence-electron chi connectivity index (χ2n) is 9.07. The lowest BCUT2D eigenvalue weighted by molar-refractivity contribution is -0.0613. The zero-order valence-corrected chi connectivity index (χ0v) is 17.1. The van der Waals surface area contributed by atoms with Gasteiger partial charge in [0.15, 0.2) is 0 Å². The van der Waals surface area contributed by atoms with Gasteiger partial charge in [-0.3, -0.25) is 0 Å². The standard InChI is InChI=1S/C25H32O/c1-7-25(26)17-23(3,4)22-16-20(13-14-21(22)24(25,5)6)18(2)15-19-11-9-8-10-12-19/h8-16,26H,7,17H2,1-6H3/b18-15+. The molecule has 0 heterocycles. The number of allylic oxidation sites excluding steroid dienone is 1. The molecular weight excluding hydrogens is 316 g/mol. The van der Waals surface area contributed by atoms with Crippen LogP contribution in [-0.4, -0.2) is 10.7 Å². The maximum Gasteiger partial charge on any atom is 0.0744 e. The number of fused-ring (bicyclic) bond motifs is 1. The highest BCUT2D eigenvalue weighted by molar-refractivity contribution is 5.80. The fraction of sp³-hybridized carbons (Fsp3) is 0.440. The van der Waals surface area contributed by atoms with Crippen molar-refractivity contribution in [3.8, 4) is 0 Å². The predicted octanol–water partition coefficient (Wildman–Crippen LogP) is 6.35. The molecule has 0 radical (unpaired) electrons. The van der Waals surface area contributed by atoms with Crippen molar-refractivity contribution in [2.24, 2.45) is 0 Å². The molecule has 2 aromatic carbocycles. The first-order valence-corrected chi connectivity index (χ1v) is 9.72. The van der Waals surface area contributed by atoms with E-state index < -0.39 is 5.60 Å². The first-order valence-electron chi connectivity index (χ1n) is 9.72. The van der Waals surface area contributed by atoms with Crippen LogP contribution in [-0.2, 0) is 10.8 Å². The third-order valence-corrected chi connectivity index (χ3v) is 6.54. The van der Waals surface area contributed by atoms with Crippen molar-refractivity contribution >= 4 is 11.6 Å². The van der Waals surface area contributed by atoms with E-state index in [9.17, 15) is 5.11 Å². The van der Waals surface area contributed by atoms with E-state index in [1.54, 1.807) is 0 Å². The Kier molecular flexibility index (Phi) is 4.65. The Balaban J connectivity index is 2.10. The summed E-state index contributed by atoms with van der Waals surface area (Å²) in [7, 11) is 0. The summed E-state index contributed by atoms with van der Waals surface area (Å²) in [5.74, 6) is 0. The van der Waals surface area contributed by atoms with E-state index in [4.69, 9.17) is 0 Å². The Morgan fingerprint density at radius 3 is 2.27 bits per heavy atom. The normalized spacial score (nSPS) is 24.2. The number of hydrogen-bond acceptors (Lipinski definition) is 1. The highest BCUT2D eigenvalue weighted by atomic mass is 16.3. The zero-order valence-electron chi connectivity index (χ0n) is 17.1. The minimum absolute atomic E-state index is 0.0430. The topological polar surface area (TPSA) is 20.2 Å². The summed E-state index contributed by atoms with van der Waals surface area (Å²) in [5, 5.41) is 11.4. The molecule has 0 fully saturated rings. The molecule has 1 aliphatic carbocycles. The van der Waals surface area contributed by atoms with Crippen LogP contribution in [0, 0.1) is 0 Å². The van der Waals surface area contributed by atoms with Gasteiger partial charge in [-0.1, -0.05) is 89.2 Å². The molecule has 0 saturated heterocycles. The van der Waals surface area contributed by atoms with E-state index >= 15 is 0 Å². The van der Waals surface area contributed by atoms with Gasteiger partial charge in [0.25, 0.3) is 0 Å². The number of benzene rings is 2. The van der Waals surface area contributed by atoms with Gasteiger partial charge in [0.2, 0.25) is 0 Å². The first-order chi connectivity index (χ1) is 12.1. The highest BCUT2D eigenvalue weighted by Gasteiger charge is 2.52. The first kappa shape index (κ1) is 18.9. The molecule has 1 unspecified atom stereocenters. The van der Waals surface area contributed by atoms with Crippen LogP contribution in [0.2, 0.25) is 0 Å². The summed E-state index contributed by atoms with van der Waals surface area (Å²) in [6.45, 7) is 13.2. The van der Waals surface area contributed by atoms with Crippen molar-refractivity contribution in [3.05, 3.63) is 70.8 Å². The molecule has 0 spiro atoms. The summed E-state index contributed by atoms with van der Waals surface area (Å²) < 4.78 is 0. The van der Waals surface area contributed by atoms with Crippen molar-refractivity contribution < 1.29 is 5.11 Å². The molecule has 1 atom stereocenters. The SMILES string of the molecule is CCC1(O)CC(C)(C)c2cc(/C(C)=C/c3ccccc3)ccc2C1(C)C. The number of hydrogen-bond donors (Lipinski definition) is 1. The summed E-state index contributed by atoms with van der Waals surface area (Å²) in [5.41, 5.74) is 5.46. The molecule has 0 amide bonds. The van der Waals surface area contributed by atoms with Gasteiger partial charge in [-0.05, 0) is 53.0 Å². The second kappa shape index (κ2) is 6.39. The summed E-state index contributed by atoms with van der Waals surface area (Å²) in [4.78, 5) is 0. The van der Waals surface area contributed by atoms with Gasteiger partial charge >= 0.3 is 0 Å². The van der Waals surface area contributed by atoms with Crippen LogP contribution in [0.5, 0.6) is 0 Å². The van der Waals surface area contributed by atoms with Gasteiger partial charge < -0.3 is 5.11 Å². The Labute approximate surface area is 158 Å². The van der Waals surface area contributed by atoms with Gasteiger partial charge in [-0.25, -0.2) is 0 Å². The minimum atomic E-state index is -0.667. The highest BCUT2D eigenvalue weighted by Crippen LogP contribution is 2.53. The molecule has 2 aromatic rings. The smallest absolute Gasteiger partial charge is 0.0744 e. The lowest BCUT2D eigenvalue weighted by Gasteiger charge is -2.53.